The van der Waals surface area contributed by atoms with Crippen LogP contribution in [-0.2, 0) is 14.8 Å². The van der Waals surface area contributed by atoms with E-state index in [0.717, 1.165) is 0 Å². The molecule has 1 aliphatic heterocycles. The number of likely N-dealkylation sites (tertiary alicyclic amines) is 1. The van der Waals surface area contributed by atoms with Gasteiger partial charge in [0.1, 0.15) is 5.54 Å². The van der Waals surface area contributed by atoms with Gasteiger partial charge >= 0.3 is 12.0 Å². The summed E-state index contributed by atoms with van der Waals surface area (Å²) in [7, 11) is -3.54. The first-order valence-electron chi connectivity index (χ1n) is 5.96. The van der Waals surface area contributed by atoms with E-state index in [2.05, 4.69) is 5.32 Å². The number of carboxylic acids is 1. The molecule has 1 aliphatic rings. The Kier molecular flexibility index (Phi) is 4.75. The quantitative estimate of drug-likeness (QED) is 0.578. The molecule has 110 valence electrons. The Bertz CT molecular complexity index is 464. The van der Waals surface area contributed by atoms with E-state index in [1.165, 1.54) is 11.8 Å². The Balaban J connectivity index is 2.48. The molecule has 8 nitrogen and oxygen atoms in total. The summed E-state index contributed by atoms with van der Waals surface area (Å²) in [6.07, 6.45) is 1.24. The first-order valence-corrected chi connectivity index (χ1v) is 7.68. The number of carboxylic acid groups (broad SMARTS) is 1. The van der Waals surface area contributed by atoms with Crippen molar-refractivity contribution >= 4 is 22.0 Å². The van der Waals surface area contributed by atoms with Crippen molar-refractivity contribution in [1.82, 2.24) is 10.2 Å². The number of sulfonamides is 1. The number of carbonyl (C=O) groups excluding carboxylic acids is 1. The maximum absolute atomic E-state index is 11.9. The second-order valence-corrected chi connectivity index (χ2v) is 6.52. The zero-order valence-corrected chi connectivity index (χ0v) is 11.6. The van der Waals surface area contributed by atoms with Gasteiger partial charge < -0.3 is 15.3 Å². The minimum Gasteiger partial charge on any atom is -0.480 e. The summed E-state index contributed by atoms with van der Waals surface area (Å²) in [6, 6.07) is -0.489. The molecule has 0 bridgehead atoms. The standard InChI is InChI=1S/C10H19N3O5S/c1-10(8(14)15)4-2-6-13(10)9(16)12-5-3-7-19(11,17)18/h2-7H2,1H3,(H,12,16)(H,14,15)(H2,11,17,18). The predicted octanol–water partition coefficient (Wildman–Crippen LogP) is -0.686. The van der Waals surface area contributed by atoms with Crippen LogP contribution in [0.4, 0.5) is 4.79 Å². The summed E-state index contributed by atoms with van der Waals surface area (Å²) in [5, 5.41) is 16.5. The molecule has 19 heavy (non-hydrogen) atoms. The van der Waals surface area contributed by atoms with Gasteiger partial charge in [-0.1, -0.05) is 0 Å². The third kappa shape index (κ3) is 4.06. The van der Waals surface area contributed by atoms with Gasteiger partial charge in [0.25, 0.3) is 0 Å². The van der Waals surface area contributed by atoms with Crippen molar-refractivity contribution in [3.05, 3.63) is 0 Å². The molecule has 1 rings (SSSR count). The monoisotopic (exact) mass is 293 g/mol. The van der Waals surface area contributed by atoms with E-state index in [1.807, 2.05) is 0 Å². The lowest BCUT2D eigenvalue weighted by molar-refractivity contribution is -0.147. The Labute approximate surface area is 112 Å². The smallest absolute Gasteiger partial charge is 0.329 e. The van der Waals surface area contributed by atoms with E-state index in [1.54, 1.807) is 0 Å². The number of rotatable bonds is 5. The van der Waals surface area contributed by atoms with Gasteiger partial charge in [-0.2, -0.15) is 0 Å². The molecule has 1 unspecified atom stereocenters. The first-order chi connectivity index (χ1) is 8.67. The fourth-order valence-electron chi connectivity index (χ4n) is 2.08. The zero-order valence-electron chi connectivity index (χ0n) is 10.8. The maximum atomic E-state index is 11.9. The molecular weight excluding hydrogens is 274 g/mol. The number of aliphatic carboxylic acids is 1. The SMILES string of the molecule is CC1(C(=O)O)CCCN1C(=O)NCCCS(N)(=O)=O. The summed E-state index contributed by atoms with van der Waals surface area (Å²) < 4.78 is 21.4. The normalized spacial score (nSPS) is 23.4. The van der Waals surface area contributed by atoms with Gasteiger partial charge in [0.15, 0.2) is 0 Å². The molecule has 0 spiro atoms. The number of urea groups is 1. The Morgan fingerprint density at radius 1 is 1.47 bits per heavy atom. The molecular formula is C10H19N3O5S. The summed E-state index contributed by atoms with van der Waals surface area (Å²) in [6.45, 7) is 2.03. The molecule has 1 atom stereocenters. The van der Waals surface area contributed by atoms with Crippen molar-refractivity contribution in [2.45, 2.75) is 31.7 Å². The van der Waals surface area contributed by atoms with Crippen LogP contribution in [0.5, 0.6) is 0 Å². The van der Waals surface area contributed by atoms with Gasteiger partial charge in [-0.25, -0.2) is 23.1 Å². The fraction of sp³-hybridized carbons (Fsp3) is 0.800. The lowest BCUT2D eigenvalue weighted by Crippen LogP contribution is -2.54. The Morgan fingerprint density at radius 2 is 2.11 bits per heavy atom. The fourth-order valence-corrected chi connectivity index (χ4v) is 2.62. The summed E-state index contributed by atoms with van der Waals surface area (Å²) in [5.74, 6) is -1.26. The number of amides is 2. The van der Waals surface area contributed by atoms with Crippen LogP contribution in [-0.4, -0.2) is 54.8 Å². The van der Waals surface area contributed by atoms with Crippen molar-refractivity contribution in [1.29, 1.82) is 0 Å². The molecule has 2 amide bonds. The van der Waals surface area contributed by atoms with E-state index in [9.17, 15) is 18.0 Å². The molecule has 0 radical (unpaired) electrons. The van der Waals surface area contributed by atoms with Crippen molar-refractivity contribution in [3.63, 3.8) is 0 Å². The van der Waals surface area contributed by atoms with Gasteiger partial charge in [-0.3, -0.25) is 0 Å². The molecule has 1 heterocycles. The highest BCUT2D eigenvalue weighted by molar-refractivity contribution is 7.89. The van der Waals surface area contributed by atoms with Gasteiger partial charge in [0.2, 0.25) is 10.0 Å². The second-order valence-electron chi connectivity index (χ2n) is 4.79. The minimum atomic E-state index is -3.54. The molecule has 0 aromatic rings. The average Bonchev–Trinajstić information content (AvgIpc) is 2.66. The third-order valence-corrected chi connectivity index (χ3v) is 4.09. The van der Waals surface area contributed by atoms with Crippen LogP contribution in [0.25, 0.3) is 0 Å². The van der Waals surface area contributed by atoms with Gasteiger partial charge in [0.05, 0.1) is 5.75 Å². The minimum absolute atomic E-state index is 0.140. The zero-order chi connectivity index (χ0) is 14.7. The van der Waals surface area contributed by atoms with E-state index < -0.39 is 27.6 Å². The van der Waals surface area contributed by atoms with Crippen LogP contribution < -0.4 is 10.5 Å². The molecule has 0 aromatic heterocycles. The highest BCUT2D eigenvalue weighted by Crippen LogP contribution is 2.29. The number of nitrogens with one attached hydrogen (secondary N) is 1. The van der Waals surface area contributed by atoms with Gasteiger partial charge in [-0.05, 0) is 26.2 Å². The largest absolute Gasteiger partial charge is 0.480 e. The molecule has 0 aliphatic carbocycles. The lowest BCUT2D eigenvalue weighted by Gasteiger charge is -2.31. The third-order valence-electron chi connectivity index (χ3n) is 3.23. The van der Waals surface area contributed by atoms with Crippen LogP contribution in [0, 0.1) is 0 Å². The van der Waals surface area contributed by atoms with Crippen LogP contribution >= 0.6 is 0 Å². The number of hydrogen-bond donors (Lipinski definition) is 3. The Morgan fingerprint density at radius 3 is 2.63 bits per heavy atom. The number of nitrogens with two attached hydrogens (primary N) is 1. The number of hydrogen-bond acceptors (Lipinski definition) is 4. The highest BCUT2D eigenvalue weighted by atomic mass is 32.2. The number of primary sulfonamides is 1. The highest BCUT2D eigenvalue weighted by Gasteiger charge is 2.45. The van der Waals surface area contributed by atoms with Crippen molar-refractivity contribution in [3.8, 4) is 0 Å². The molecule has 0 saturated carbocycles. The Hall–Kier alpha value is -1.35. The topological polar surface area (TPSA) is 130 Å². The van der Waals surface area contributed by atoms with Crippen LogP contribution in [0.1, 0.15) is 26.2 Å². The van der Waals surface area contributed by atoms with E-state index in [-0.39, 0.29) is 18.7 Å². The summed E-state index contributed by atoms with van der Waals surface area (Å²) >= 11 is 0. The summed E-state index contributed by atoms with van der Waals surface area (Å²) in [4.78, 5) is 24.3. The first kappa shape index (κ1) is 15.7. The average molecular weight is 293 g/mol. The number of nitrogens with zero attached hydrogens (tertiary/aromatic N) is 1. The summed E-state index contributed by atoms with van der Waals surface area (Å²) in [5.41, 5.74) is -1.19. The molecule has 4 N–H and O–H groups in total. The van der Waals surface area contributed by atoms with E-state index in [0.29, 0.717) is 19.4 Å². The van der Waals surface area contributed by atoms with Crippen LogP contribution in [0.2, 0.25) is 0 Å². The number of carbonyl (C=O) groups is 2. The molecule has 1 saturated heterocycles. The van der Waals surface area contributed by atoms with Crippen LogP contribution in [0.3, 0.4) is 0 Å². The van der Waals surface area contributed by atoms with Crippen molar-refractivity contribution in [2.24, 2.45) is 5.14 Å². The van der Waals surface area contributed by atoms with Crippen molar-refractivity contribution < 1.29 is 23.1 Å². The second kappa shape index (κ2) is 5.74. The van der Waals surface area contributed by atoms with Crippen LogP contribution in [0.15, 0.2) is 0 Å². The van der Waals surface area contributed by atoms with E-state index >= 15 is 0 Å². The van der Waals surface area contributed by atoms with Gasteiger partial charge in [-0.15, -0.1) is 0 Å². The predicted molar refractivity (Wildman–Crippen MR) is 68.0 cm³/mol. The molecule has 0 aromatic carbocycles. The lowest BCUT2D eigenvalue weighted by atomic mass is 10.00. The molecule has 1 fully saturated rings. The maximum Gasteiger partial charge on any atom is 0.329 e. The molecule has 9 heteroatoms. The van der Waals surface area contributed by atoms with Crippen molar-refractivity contribution in [2.75, 3.05) is 18.8 Å². The van der Waals surface area contributed by atoms with E-state index in [4.69, 9.17) is 10.2 Å². The van der Waals surface area contributed by atoms with Gasteiger partial charge in [0, 0.05) is 13.1 Å².